The average molecular weight is 267 g/mol. The van der Waals surface area contributed by atoms with E-state index in [-0.39, 0.29) is 5.91 Å². The molecule has 1 amide bonds. The Morgan fingerprint density at radius 2 is 2.00 bits per heavy atom. The molecule has 1 fully saturated rings. The number of nitrogens with one attached hydrogen (secondary N) is 1. The van der Waals surface area contributed by atoms with Crippen LogP contribution >= 0.6 is 0 Å². The normalized spacial score (nSPS) is 22.5. The number of hydrogen-bond acceptors (Lipinski definition) is 4. The molecule has 0 spiro atoms. The van der Waals surface area contributed by atoms with Crippen LogP contribution < -0.4 is 5.32 Å². The number of aromatic nitrogens is 2. The van der Waals surface area contributed by atoms with Gasteiger partial charge in [0.25, 0.3) is 5.91 Å². The maximum atomic E-state index is 12.0. The summed E-state index contributed by atoms with van der Waals surface area (Å²) in [6.45, 7) is 3.66. The number of amides is 1. The van der Waals surface area contributed by atoms with E-state index in [2.05, 4.69) is 10.4 Å². The average Bonchev–Trinajstić information content (AvgIpc) is 2.91. The molecular formula is C12H17N3O4. The summed E-state index contributed by atoms with van der Waals surface area (Å²) in [5, 5.41) is 15.8. The van der Waals surface area contributed by atoms with E-state index < -0.39 is 18.2 Å². The van der Waals surface area contributed by atoms with Gasteiger partial charge < -0.3 is 15.2 Å². The van der Waals surface area contributed by atoms with Crippen LogP contribution in [0.3, 0.4) is 0 Å². The highest BCUT2D eigenvalue weighted by Gasteiger charge is 2.35. The SMILES string of the molecule is Cc1nn(C)c(C)c1NC(=O)C1CCC(C(=O)O)O1. The van der Waals surface area contributed by atoms with Crippen LogP contribution in [-0.2, 0) is 21.4 Å². The minimum atomic E-state index is -1.02. The van der Waals surface area contributed by atoms with Crippen LogP contribution in [-0.4, -0.2) is 39.0 Å². The molecule has 0 saturated carbocycles. The molecule has 104 valence electrons. The van der Waals surface area contributed by atoms with Gasteiger partial charge in [-0.1, -0.05) is 0 Å². The molecule has 7 heteroatoms. The zero-order valence-electron chi connectivity index (χ0n) is 11.1. The number of carbonyl (C=O) groups excluding carboxylic acids is 1. The van der Waals surface area contributed by atoms with Crippen LogP contribution in [0.15, 0.2) is 0 Å². The fourth-order valence-electron chi connectivity index (χ4n) is 2.17. The number of hydrogen-bond donors (Lipinski definition) is 2. The Morgan fingerprint density at radius 3 is 2.47 bits per heavy atom. The highest BCUT2D eigenvalue weighted by atomic mass is 16.5. The molecule has 19 heavy (non-hydrogen) atoms. The second-order valence-corrected chi connectivity index (χ2v) is 4.69. The molecule has 2 atom stereocenters. The topological polar surface area (TPSA) is 93.5 Å². The summed E-state index contributed by atoms with van der Waals surface area (Å²) in [4.78, 5) is 22.8. The molecule has 0 aliphatic carbocycles. The first kappa shape index (κ1) is 13.5. The molecule has 2 rings (SSSR count). The molecule has 1 aromatic rings. The zero-order chi connectivity index (χ0) is 14.2. The van der Waals surface area contributed by atoms with Crippen molar-refractivity contribution in [2.75, 3.05) is 5.32 Å². The van der Waals surface area contributed by atoms with Gasteiger partial charge in [-0.05, 0) is 26.7 Å². The van der Waals surface area contributed by atoms with E-state index in [1.54, 1.807) is 18.7 Å². The van der Waals surface area contributed by atoms with E-state index in [9.17, 15) is 9.59 Å². The van der Waals surface area contributed by atoms with Gasteiger partial charge in [0.15, 0.2) is 6.10 Å². The molecule has 2 unspecified atom stereocenters. The predicted octanol–water partition coefficient (Wildman–Crippen LogP) is 0.608. The van der Waals surface area contributed by atoms with E-state index in [4.69, 9.17) is 9.84 Å². The summed E-state index contributed by atoms with van der Waals surface area (Å²) in [5.74, 6) is -1.34. The number of nitrogens with zero attached hydrogens (tertiary/aromatic N) is 2. The lowest BCUT2D eigenvalue weighted by atomic mass is 10.2. The lowest BCUT2D eigenvalue weighted by Crippen LogP contribution is -2.30. The van der Waals surface area contributed by atoms with Gasteiger partial charge in [0.05, 0.1) is 17.1 Å². The van der Waals surface area contributed by atoms with Crippen molar-refractivity contribution in [2.45, 2.75) is 38.9 Å². The van der Waals surface area contributed by atoms with Crippen LogP contribution in [0.5, 0.6) is 0 Å². The third-order valence-corrected chi connectivity index (χ3v) is 3.34. The third kappa shape index (κ3) is 2.60. The minimum Gasteiger partial charge on any atom is -0.479 e. The number of carboxylic acid groups (broad SMARTS) is 1. The summed E-state index contributed by atoms with van der Waals surface area (Å²) in [6.07, 6.45) is -0.813. The van der Waals surface area contributed by atoms with Crippen LogP contribution in [0.2, 0.25) is 0 Å². The highest BCUT2D eigenvalue weighted by molar-refractivity contribution is 5.95. The van der Waals surface area contributed by atoms with Gasteiger partial charge in [0.2, 0.25) is 0 Å². The molecule has 0 aromatic carbocycles. The van der Waals surface area contributed by atoms with E-state index in [0.29, 0.717) is 18.5 Å². The van der Waals surface area contributed by atoms with Crippen molar-refractivity contribution in [3.05, 3.63) is 11.4 Å². The van der Waals surface area contributed by atoms with E-state index in [1.165, 1.54) is 0 Å². The highest BCUT2D eigenvalue weighted by Crippen LogP contribution is 2.23. The number of aliphatic carboxylic acids is 1. The summed E-state index contributed by atoms with van der Waals surface area (Å²) >= 11 is 0. The van der Waals surface area contributed by atoms with Gasteiger partial charge in [-0.15, -0.1) is 0 Å². The maximum Gasteiger partial charge on any atom is 0.332 e. The van der Waals surface area contributed by atoms with E-state index >= 15 is 0 Å². The first-order valence-electron chi connectivity index (χ1n) is 6.09. The van der Waals surface area contributed by atoms with Crippen LogP contribution in [0.25, 0.3) is 0 Å². The number of anilines is 1. The van der Waals surface area contributed by atoms with Gasteiger partial charge >= 0.3 is 5.97 Å². The smallest absolute Gasteiger partial charge is 0.332 e. The molecule has 2 N–H and O–H groups in total. The Balaban J connectivity index is 2.04. The van der Waals surface area contributed by atoms with Crippen LogP contribution in [0.4, 0.5) is 5.69 Å². The van der Waals surface area contributed by atoms with Gasteiger partial charge in [0, 0.05) is 7.05 Å². The lowest BCUT2D eigenvalue weighted by Gasteiger charge is -2.12. The molecule has 1 aliphatic heterocycles. The molecule has 1 saturated heterocycles. The number of ether oxygens (including phenoxy) is 1. The second-order valence-electron chi connectivity index (χ2n) is 4.69. The second kappa shape index (κ2) is 5.00. The molecular weight excluding hydrogens is 250 g/mol. The lowest BCUT2D eigenvalue weighted by molar-refractivity contribution is -0.150. The summed E-state index contributed by atoms with van der Waals surface area (Å²) in [5.41, 5.74) is 2.23. The maximum absolute atomic E-state index is 12.0. The van der Waals surface area contributed by atoms with Crippen molar-refractivity contribution in [1.82, 2.24) is 9.78 Å². The van der Waals surface area contributed by atoms with E-state index in [1.807, 2.05) is 6.92 Å². The Morgan fingerprint density at radius 1 is 1.37 bits per heavy atom. The van der Waals surface area contributed by atoms with Crippen molar-refractivity contribution >= 4 is 17.6 Å². The molecule has 1 aromatic heterocycles. The third-order valence-electron chi connectivity index (χ3n) is 3.34. The van der Waals surface area contributed by atoms with Gasteiger partial charge in [-0.3, -0.25) is 9.48 Å². The Hall–Kier alpha value is -1.89. The molecule has 0 bridgehead atoms. The van der Waals surface area contributed by atoms with Crippen molar-refractivity contribution in [1.29, 1.82) is 0 Å². The number of rotatable bonds is 3. The van der Waals surface area contributed by atoms with Crippen LogP contribution in [0.1, 0.15) is 24.2 Å². The largest absolute Gasteiger partial charge is 0.479 e. The summed E-state index contributed by atoms with van der Waals surface area (Å²) in [6, 6.07) is 0. The fourth-order valence-corrected chi connectivity index (χ4v) is 2.17. The Kier molecular flexibility index (Phi) is 3.57. The molecule has 0 radical (unpaired) electrons. The summed E-state index contributed by atoms with van der Waals surface area (Å²) in [7, 11) is 1.80. The number of carboxylic acids is 1. The quantitative estimate of drug-likeness (QED) is 0.836. The van der Waals surface area contributed by atoms with Gasteiger partial charge in [0.1, 0.15) is 6.10 Å². The zero-order valence-corrected chi connectivity index (χ0v) is 11.1. The standard InChI is InChI=1S/C12H17N3O4/c1-6-10(7(2)15(3)14-6)13-11(16)8-4-5-9(19-8)12(17)18/h8-9H,4-5H2,1-3H3,(H,13,16)(H,17,18). The molecule has 2 heterocycles. The number of aryl methyl sites for hydroxylation is 2. The van der Waals surface area contributed by atoms with Crippen LogP contribution in [0, 0.1) is 13.8 Å². The van der Waals surface area contributed by atoms with Crippen molar-refractivity contribution < 1.29 is 19.4 Å². The first-order chi connectivity index (χ1) is 8.90. The van der Waals surface area contributed by atoms with Gasteiger partial charge in [-0.2, -0.15) is 5.10 Å². The van der Waals surface area contributed by atoms with Crippen molar-refractivity contribution in [3.63, 3.8) is 0 Å². The Bertz CT molecular complexity index is 523. The minimum absolute atomic E-state index is 0.317. The van der Waals surface area contributed by atoms with Gasteiger partial charge in [-0.25, -0.2) is 4.79 Å². The first-order valence-corrected chi connectivity index (χ1v) is 6.09. The fraction of sp³-hybridized carbons (Fsp3) is 0.583. The predicted molar refractivity (Wildman–Crippen MR) is 66.8 cm³/mol. The number of carbonyl (C=O) groups is 2. The van der Waals surface area contributed by atoms with Crippen molar-refractivity contribution in [3.8, 4) is 0 Å². The summed E-state index contributed by atoms with van der Waals surface area (Å²) < 4.78 is 6.89. The van der Waals surface area contributed by atoms with Crippen molar-refractivity contribution in [2.24, 2.45) is 7.05 Å². The monoisotopic (exact) mass is 267 g/mol. The van der Waals surface area contributed by atoms with E-state index in [0.717, 1.165) is 11.4 Å². The molecule has 7 nitrogen and oxygen atoms in total. The Labute approximate surface area is 110 Å². The molecule has 1 aliphatic rings.